The van der Waals surface area contributed by atoms with Crippen molar-refractivity contribution in [1.82, 2.24) is 5.32 Å². The third-order valence-corrected chi connectivity index (χ3v) is 4.14. The van der Waals surface area contributed by atoms with Crippen LogP contribution in [0.5, 0.6) is 0 Å². The number of unbranched alkanes of at least 4 members (excludes halogenated alkanes) is 10. The molecule has 0 atom stereocenters. The van der Waals surface area contributed by atoms with Crippen molar-refractivity contribution in [3.8, 4) is 0 Å². The average molecular weight is 300 g/mol. The predicted octanol–water partition coefficient (Wildman–Crippen LogP) is 4.98. The molecule has 0 saturated heterocycles. The van der Waals surface area contributed by atoms with E-state index >= 15 is 0 Å². The molecule has 0 spiro atoms. The highest BCUT2D eigenvalue weighted by atomic mass is 15.3. The van der Waals surface area contributed by atoms with Crippen LogP contribution in [0.2, 0.25) is 0 Å². The molecule has 0 aromatic carbocycles. The zero-order chi connectivity index (χ0) is 15.8. The molecule has 0 saturated carbocycles. The van der Waals surface area contributed by atoms with Gasteiger partial charge in [-0.15, -0.1) is 0 Å². The first-order valence-corrected chi connectivity index (χ1v) is 9.57. The number of nitrogens with one attached hydrogen (secondary N) is 1. The highest BCUT2D eigenvalue weighted by molar-refractivity contribution is 4.51. The lowest BCUT2D eigenvalue weighted by Gasteiger charge is -2.23. The predicted molar refractivity (Wildman–Crippen MR) is 96.8 cm³/mol. The fourth-order valence-corrected chi connectivity index (χ4v) is 2.70. The van der Waals surface area contributed by atoms with Gasteiger partial charge in [-0.3, -0.25) is 0 Å². The van der Waals surface area contributed by atoms with Crippen molar-refractivity contribution in [2.75, 3.05) is 40.8 Å². The van der Waals surface area contributed by atoms with Crippen molar-refractivity contribution in [3.63, 3.8) is 0 Å². The summed E-state index contributed by atoms with van der Waals surface area (Å²) in [4.78, 5) is 0. The van der Waals surface area contributed by atoms with Gasteiger partial charge >= 0.3 is 0 Å². The van der Waals surface area contributed by atoms with Crippen molar-refractivity contribution in [1.29, 1.82) is 0 Å². The van der Waals surface area contributed by atoms with Crippen LogP contribution in [0.25, 0.3) is 0 Å². The highest BCUT2D eigenvalue weighted by Gasteiger charge is 2.04. The lowest BCUT2D eigenvalue weighted by molar-refractivity contribution is -0.870. The Labute approximate surface area is 135 Å². The van der Waals surface area contributed by atoms with E-state index in [0.29, 0.717) is 0 Å². The highest BCUT2D eigenvalue weighted by Crippen LogP contribution is 2.08. The van der Waals surface area contributed by atoms with Gasteiger partial charge in [0.2, 0.25) is 0 Å². The Kier molecular flexibility index (Phi) is 14.8. The van der Waals surface area contributed by atoms with Crippen molar-refractivity contribution < 1.29 is 4.48 Å². The van der Waals surface area contributed by atoms with E-state index in [1.54, 1.807) is 0 Å². The minimum absolute atomic E-state index is 1.11. The van der Waals surface area contributed by atoms with Crippen molar-refractivity contribution >= 4 is 0 Å². The quantitative estimate of drug-likeness (QED) is 0.313. The second-order valence-corrected chi connectivity index (χ2v) is 7.65. The minimum atomic E-state index is 1.11. The summed E-state index contributed by atoms with van der Waals surface area (Å²) in [5.74, 6) is 0. The van der Waals surface area contributed by atoms with E-state index in [2.05, 4.69) is 33.4 Å². The Bertz CT molecular complexity index is 196. The molecule has 21 heavy (non-hydrogen) atoms. The van der Waals surface area contributed by atoms with Gasteiger partial charge in [0.25, 0.3) is 0 Å². The third kappa shape index (κ3) is 19.9. The Balaban J connectivity index is 3.00. The molecule has 0 aromatic rings. The van der Waals surface area contributed by atoms with Crippen molar-refractivity contribution in [2.24, 2.45) is 0 Å². The van der Waals surface area contributed by atoms with Crippen LogP contribution in [0.15, 0.2) is 0 Å². The molecule has 0 unspecified atom stereocenters. The number of rotatable bonds is 16. The maximum Gasteiger partial charge on any atom is 0.0780 e. The first kappa shape index (κ1) is 20.9. The molecule has 0 amide bonds. The third-order valence-electron chi connectivity index (χ3n) is 4.14. The zero-order valence-electron chi connectivity index (χ0n) is 15.6. The lowest BCUT2D eigenvalue weighted by Crippen LogP contribution is -2.35. The average Bonchev–Trinajstić information content (AvgIpc) is 2.42. The minimum Gasteiger partial charge on any atom is -0.331 e. The molecule has 0 radical (unpaired) electrons. The Morgan fingerprint density at radius 2 is 1.00 bits per heavy atom. The van der Waals surface area contributed by atoms with Gasteiger partial charge in [-0.1, -0.05) is 58.3 Å². The van der Waals surface area contributed by atoms with Crippen molar-refractivity contribution in [2.45, 2.75) is 84.0 Å². The van der Waals surface area contributed by atoms with E-state index < -0.39 is 0 Å². The molecule has 0 aliphatic heterocycles. The fraction of sp³-hybridized carbons (Fsp3) is 1.00. The summed E-state index contributed by atoms with van der Waals surface area (Å²) < 4.78 is 1.11. The monoisotopic (exact) mass is 299 g/mol. The molecule has 0 aromatic heterocycles. The summed E-state index contributed by atoms with van der Waals surface area (Å²) >= 11 is 0. The van der Waals surface area contributed by atoms with Crippen LogP contribution in [-0.2, 0) is 0 Å². The Morgan fingerprint density at radius 3 is 1.48 bits per heavy atom. The van der Waals surface area contributed by atoms with Crippen LogP contribution in [0.4, 0.5) is 0 Å². The topological polar surface area (TPSA) is 12.0 Å². The summed E-state index contributed by atoms with van der Waals surface area (Å²) in [7, 11) is 6.85. The second-order valence-electron chi connectivity index (χ2n) is 7.65. The molecular formula is C19H43N2+. The molecule has 1 N–H and O–H groups in total. The molecule has 2 heteroatoms. The van der Waals surface area contributed by atoms with Crippen LogP contribution in [0, 0.1) is 0 Å². The maximum atomic E-state index is 3.60. The standard InChI is InChI=1S/C19H43N2/c1-5-6-7-8-9-10-11-14-17-20-18-15-12-13-16-19-21(2,3)4/h20H,5-19H2,1-4H3/q+1. The molecule has 2 nitrogen and oxygen atoms in total. The van der Waals surface area contributed by atoms with Gasteiger partial charge in [0.15, 0.2) is 0 Å². The SMILES string of the molecule is CCCCCCCCCCNCCCCCC[N+](C)(C)C. The van der Waals surface area contributed by atoms with E-state index in [4.69, 9.17) is 0 Å². The smallest absolute Gasteiger partial charge is 0.0780 e. The first-order valence-electron chi connectivity index (χ1n) is 9.57. The van der Waals surface area contributed by atoms with E-state index in [0.717, 1.165) is 4.48 Å². The zero-order valence-corrected chi connectivity index (χ0v) is 15.6. The van der Waals surface area contributed by atoms with Gasteiger partial charge in [-0.2, -0.15) is 0 Å². The number of hydrogen-bond donors (Lipinski definition) is 1. The first-order chi connectivity index (χ1) is 10.1. The normalized spacial score (nSPS) is 12.0. The number of nitrogens with zero attached hydrogens (tertiary/aromatic N) is 1. The van der Waals surface area contributed by atoms with Crippen LogP contribution < -0.4 is 5.32 Å². The molecule has 0 bridgehead atoms. The largest absolute Gasteiger partial charge is 0.331 e. The van der Waals surface area contributed by atoms with Gasteiger partial charge in [0.1, 0.15) is 0 Å². The summed E-state index contributed by atoms with van der Waals surface area (Å²) in [5, 5.41) is 3.60. The molecule has 0 fully saturated rings. The van der Waals surface area contributed by atoms with E-state index in [9.17, 15) is 0 Å². The second kappa shape index (κ2) is 14.8. The molecule has 0 rings (SSSR count). The van der Waals surface area contributed by atoms with Gasteiger partial charge in [-0.05, 0) is 38.8 Å². The van der Waals surface area contributed by atoms with Gasteiger partial charge in [0.05, 0.1) is 27.7 Å². The Morgan fingerprint density at radius 1 is 0.571 bits per heavy atom. The fourth-order valence-electron chi connectivity index (χ4n) is 2.70. The lowest BCUT2D eigenvalue weighted by atomic mass is 10.1. The van der Waals surface area contributed by atoms with Crippen LogP contribution >= 0.6 is 0 Å². The number of hydrogen-bond acceptors (Lipinski definition) is 1. The maximum absolute atomic E-state index is 3.60. The number of quaternary nitrogens is 1. The van der Waals surface area contributed by atoms with Gasteiger partial charge < -0.3 is 9.80 Å². The van der Waals surface area contributed by atoms with Crippen LogP contribution in [0.1, 0.15) is 84.0 Å². The molecular weight excluding hydrogens is 256 g/mol. The molecule has 128 valence electrons. The summed E-state index contributed by atoms with van der Waals surface area (Å²) in [6.45, 7) is 6.05. The van der Waals surface area contributed by atoms with E-state index in [1.165, 1.54) is 96.7 Å². The van der Waals surface area contributed by atoms with Crippen LogP contribution in [-0.4, -0.2) is 45.3 Å². The molecule has 0 aliphatic carbocycles. The summed E-state index contributed by atoms with van der Waals surface area (Å²) in [6.07, 6.45) is 16.9. The van der Waals surface area contributed by atoms with E-state index in [-0.39, 0.29) is 0 Å². The van der Waals surface area contributed by atoms with Gasteiger partial charge in [-0.25, -0.2) is 0 Å². The summed E-state index contributed by atoms with van der Waals surface area (Å²) in [5.41, 5.74) is 0. The van der Waals surface area contributed by atoms with Crippen molar-refractivity contribution in [3.05, 3.63) is 0 Å². The van der Waals surface area contributed by atoms with E-state index in [1.807, 2.05) is 0 Å². The molecule has 0 aliphatic rings. The van der Waals surface area contributed by atoms with Crippen LogP contribution in [0.3, 0.4) is 0 Å². The van der Waals surface area contributed by atoms with Gasteiger partial charge in [0, 0.05) is 0 Å². The molecule has 0 heterocycles. The Hall–Kier alpha value is -0.0800. The summed E-state index contributed by atoms with van der Waals surface area (Å²) in [6, 6.07) is 0.